The van der Waals surface area contributed by atoms with Gasteiger partial charge >= 0.3 is 5.97 Å². The monoisotopic (exact) mass is 267 g/mol. The van der Waals surface area contributed by atoms with Crippen molar-refractivity contribution in [2.45, 2.75) is 12.5 Å². The summed E-state index contributed by atoms with van der Waals surface area (Å²) < 4.78 is 6.05. The zero-order valence-electron chi connectivity index (χ0n) is 9.79. The predicted octanol–water partition coefficient (Wildman–Crippen LogP) is 1.59. The molecule has 0 saturated heterocycles. The van der Waals surface area contributed by atoms with Gasteiger partial charge in [-0.05, 0) is 11.4 Å². The van der Waals surface area contributed by atoms with Gasteiger partial charge in [0.15, 0.2) is 0 Å². The fraction of sp³-hybridized carbons (Fsp3) is 0.364. The van der Waals surface area contributed by atoms with Gasteiger partial charge in [0.25, 0.3) is 0 Å². The second-order valence-corrected chi connectivity index (χ2v) is 4.61. The van der Waals surface area contributed by atoms with Crippen LogP contribution in [0.2, 0.25) is 0 Å². The Morgan fingerprint density at radius 2 is 2.44 bits per heavy atom. The lowest BCUT2D eigenvalue weighted by Crippen LogP contribution is -2.25. The van der Waals surface area contributed by atoms with Crippen molar-refractivity contribution in [2.75, 3.05) is 19.0 Å². The summed E-state index contributed by atoms with van der Waals surface area (Å²) >= 11 is 1.54. The summed E-state index contributed by atoms with van der Waals surface area (Å²) in [7, 11) is 1.50. The first-order chi connectivity index (χ1) is 8.70. The molecule has 2 aromatic heterocycles. The molecule has 6 nitrogen and oxygen atoms in total. The van der Waals surface area contributed by atoms with Crippen molar-refractivity contribution in [3.63, 3.8) is 0 Å². The summed E-state index contributed by atoms with van der Waals surface area (Å²) in [5.41, 5.74) is 0.879. The third kappa shape index (κ3) is 2.93. The van der Waals surface area contributed by atoms with E-state index in [9.17, 15) is 4.79 Å². The molecule has 0 aromatic carbocycles. The number of thiophene rings is 1. The van der Waals surface area contributed by atoms with Crippen molar-refractivity contribution in [1.29, 1.82) is 0 Å². The largest absolute Gasteiger partial charge is 0.481 e. The Balaban J connectivity index is 2.05. The van der Waals surface area contributed by atoms with Gasteiger partial charge in [0, 0.05) is 13.7 Å². The minimum Gasteiger partial charge on any atom is -0.481 e. The number of hydrogen-bond donors (Lipinski definition) is 2. The Hall–Kier alpha value is -1.73. The highest BCUT2D eigenvalue weighted by Gasteiger charge is 2.13. The number of aliphatic carboxylic acids is 1. The van der Waals surface area contributed by atoms with Gasteiger partial charge in [0.2, 0.25) is 0 Å². The molecular weight excluding hydrogens is 254 g/mol. The number of carboxylic acids is 1. The van der Waals surface area contributed by atoms with Crippen LogP contribution in [-0.2, 0) is 9.53 Å². The molecule has 0 radical (unpaired) electrons. The highest BCUT2D eigenvalue weighted by atomic mass is 32.1. The molecule has 2 aromatic rings. The second-order valence-electron chi connectivity index (χ2n) is 3.69. The van der Waals surface area contributed by atoms with E-state index in [2.05, 4.69) is 15.3 Å². The summed E-state index contributed by atoms with van der Waals surface area (Å²) in [5, 5.41) is 13.8. The summed E-state index contributed by atoms with van der Waals surface area (Å²) in [6.07, 6.45) is 1.06. The number of methoxy groups -OCH3 is 1. The number of rotatable bonds is 6. The molecule has 0 aliphatic carbocycles. The van der Waals surface area contributed by atoms with Crippen molar-refractivity contribution >= 4 is 33.3 Å². The topological polar surface area (TPSA) is 84.3 Å². The number of nitrogens with one attached hydrogen (secondary N) is 1. The van der Waals surface area contributed by atoms with Gasteiger partial charge in [-0.2, -0.15) is 0 Å². The molecule has 2 heterocycles. The van der Waals surface area contributed by atoms with Crippen LogP contribution >= 0.6 is 11.3 Å². The lowest BCUT2D eigenvalue weighted by molar-refractivity contribution is -0.139. The summed E-state index contributed by atoms with van der Waals surface area (Å²) in [6, 6.07) is 1.91. The lowest BCUT2D eigenvalue weighted by atomic mass is 10.2. The van der Waals surface area contributed by atoms with Gasteiger partial charge in [-0.3, -0.25) is 4.79 Å². The van der Waals surface area contributed by atoms with Crippen molar-refractivity contribution in [3.05, 3.63) is 17.8 Å². The molecule has 7 heteroatoms. The lowest BCUT2D eigenvalue weighted by Gasteiger charge is -2.14. The number of carbonyl (C=O) groups is 1. The summed E-state index contributed by atoms with van der Waals surface area (Å²) in [4.78, 5) is 18.9. The highest BCUT2D eigenvalue weighted by Crippen LogP contribution is 2.24. The average Bonchev–Trinajstić information content (AvgIpc) is 2.82. The summed E-state index contributed by atoms with van der Waals surface area (Å²) in [6.45, 7) is 0.396. The number of ether oxygens (including phenoxy) is 1. The van der Waals surface area contributed by atoms with E-state index in [4.69, 9.17) is 9.84 Å². The molecule has 2 rings (SSSR count). The van der Waals surface area contributed by atoms with Gasteiger partial charge in [0.05, 0.1) is 22.7 Å². The number of anilines is 1. The van der Waals surface area contributed by atoms with Crippen LogP contribution in [0.25, 0.3) is 10.2 Å². The van der Waals surface area contributed by atoms with Crippen LogP contribution in [0.5, 0.6) is 0 Å². The maximum Gasteiger partial charge on any atom is 0.306 e. The Morgan fingerprint density at radius 3 is 3.17 bits per heavy atom. The van der Waals surface area contributed by atoms with Crippen LogP contribution in [0.1, 0.15) is 6.42 Å². The molecule has 0 saturated carbocycles. The van der Waals surface area contributed by atoms with Crippen molar-refractivity contribution in [1.82, 2.24) is 9.97 Å². The quantitative estimate of drug-likeness (QED) is 0.827. The Labute approximate surface area is 108 Å². The van der Waals surface area contributed by atoms with Crippen molar-refractivity contribution in [2.24, 2.45) is 0 Å². The number of nitrogens with zero attached hydrogens (tertiary/aromatic N) is 2. The van der Waals surface area contributed by atoms with E-state index in [1.54, 1.807) is 11.3 Å². The Kier molecular flexibility index (Phi) is 4.06. The molecular formula is C11H13N3O3S. The van der Waals surface area contributed by atoms with E-state index >= 15 is 0 Å². The van der Waals surface area contributed by atoms with Crippen LogP contribution in [0, 0.1) is 0 Å². The molecule has 0 bridgehead atoms. The average molecular weight is 267 g/mol. The van der Waals surface area contributed by atoms with Gasteiger partial charge in [0.1, 0.15) is 12.1 Å². The van der Waals surface area contributed by atoms with Crippen LogP contribution in [0.15, 0.2) is 17.8 Å². The minimum absolute atomic E-state index is 0.0395. The van der Waals surface area contributed by atoms with Gasteiger partial charge in [-0.15, -0.1) is 11.3 Å². The fourth-order valence-electron chi connectivity index (χ4n) is 1.56. The third-order valence-corrected chi connectivity index (χ3v) is 3.39. The maximum atomic E-state index is 10.6. The van der Waals surface area contributed by atoms with E-state index < -0.39 is 5.97 Å². The summed E-state index contributed by atoms with van der Waals surface area (Å²) in [5.74, 6) is -0.171. The number of hydrogen-bond acceptors (Lipinski definition) is 6. The maximum absolute atomic E-state index is 10.6. The molecule has 0 amide bonds. The van der Waals surface area contributed by atoms with Crippen LogP contribution in [-0.4, -0.2) is 40.8 Å². The zero-order chi connectivity index (χ0) is 13.0. The van der Waals surface area contributed by atoms with Crippen LogP contribution in [0.4, 0.5) is 5.82 Å². The second kappa shape index (κ2) is 5.74. The normalized spacial score (nSPS) is 12.5. The van der Waals surface area contributed by atoms with Crippen LogP contribution < -0.4 is 5.32 Å². The first-order valence-corrected chi connectivity index (χ1v) is 6.25. The van der Waals surface area contributed by atoms with E-state index in [-0.39, 0.29) is 12.5 Å². The standard InChI is InChI=1S/C11H13N3O3S/c1-17-7(4-9(15)16)5-12-11-10-8(2-3-18-10)13-6-14-11/h2-3,6-7H,4-5H2,1H3,(H,15,16)(H,12,13,14). The Bertz CT molecular complexity index is 543. The van der Waals surface area contributed by atoms with E-state index in [0.717, 1.165) is 10.2 Å². The highest BCUT2D eigenvalue weighted by molar-refractivity contribution is 7.17. The van der Waals surface area contributed by atoms with Crippen molar-refractivity contribution in [3.8, 4) is 0 Å². The van der Waals surface area contributed by atoms with E-state index in [1.165, 1.54) is 13.4 Å². The van der Waals surface area contributed by atoms with Crippen molar-refractivity contribution < 1.29 is 14.6 Å². The van der Waals surface area contributed by atoms with Gasteiger partial charge in [-0.25, -0.2) is 9.97 Å². The smallest absolute Gasteiger partial charge is 0.306 e. The van der Waals surface area contributed by atoms with E-state index in [0.29, 0.717) is 12.4 Å². The Morgan fingerprint density at radius 1 is 1.61 bits per heavy atom. The number of fused-ring (bicyclic) bond motifs is 1. The molecule has 18 heavy (non-hydrogen) atoms. The molecule has 1 unspecified atom stereocenters. The molecule has 0 aliphatic rings. The van der Waals surface area contributed by atoms with Crippen LogP contribution in [0.3, 0.4) is 0 Å². The number of carboxylic acid groups (broad SMARTS) is 1. The molecule has 0 fully saturated rings. The molecule has 2 N–H and O–H groups in total. The predicted molar refractivity (Wildman–Crippen MR) is 69.0 cm³/mol. The minimum atomic E-state index is -0.882. The first-order valence-electron chi connectivity index (χ1n) is 5.37. The van der Waals surface area contributed by atoms with Gasteiger partial charge < -0.3 is 15.2 Å². The van der Waals surface area contributed by atoms with E-state index in [1.807, 2.05) is 11.4 Å². The number of aromatic nitrogens is 2. The fourth-order valence-corrected chi connectivity index (χ4v) is 2.37. The first kappa shape index (κ1) is 12.7. The molecule has 96 valence electrons. The zero-order valence-corrected chi connectivity index (χ0v) is 10.6. The van der Waals surface area contributed by atoms with Gasteiger partial charge in [-0.1, -0.05) is 0 Å². The molecule has 0 spiro atoms. The SMILES string of the molecule is COC(CNc1ncnc2ccsc12)CC(=O)O. The molecule has 1 atom stereocenters. The molecule has 0 aliphatic heterocycles. The third-order valence-electron chi connectivity index (χ3n) is 2.48.